The fraction of sp³-hybridized carbons (Fsp3) is 0.286. The lowest BCUT2D eigenvalue weighted by Gasteiger charge is -2.22. The Hall–Kier alpha value is -3.26. The van der Waals surface area contributed by atoms with Crippen LogP contribution in [0.25, 0.3) is 11.5 Å². The number of amides is 1. The maximum Gasteiger partial charge on any atom is 0.297 e. The van der Waals surface area contributed by atoms with Gasteiger partial charge in [0.15, 0.2) is 0 Å². The quantitative estimate of drug-likeness (QED) is 0.715. The van der Waals surface area contributed by atoms with Crippen LogP contribution >= 0.6 is 0 Å². The topological polar surface area (TPSA) is 74.5 Å². The van der Waals surface area contributed by atoms with Crippen molar-refractivity contribution in [2.75, 3.05) is 37.4 Å². The molecule has 1 atom stereocenters. The SMILES string of the molecule is CN(C)C1CCN(c2ccc(NC(=O)c3noc(-c4ccc(F)cc4)n3)cc2)C1. The van der Waals surface area contributed by atoms with Crippen LogP contribution in [0.4, 0.5) is 15.8 Å². The number of hydrogen-bond acceptors (Lipinski definition) is 6. The molecule has 2 heterocycles. The van der Waals surface area contributed by atoms with E-state index in [4.69, 9.17) is 4.52 Å². The largest absolute Gasteiger partial charge is 0.370 e. The molecule has 1 aliphatic rings. The maximum absolute atomic E-state index is 13.0. The van der Waals surface area contributed by atoms with Crippen LogP contribution in [-0.2, 0) is 0 Å². The number of aromatic nitrogens is 2. The maximum atomic E-state index is 13.0. The number of rotatable bonds is 5. The van der Waals surface area contributed by atoms with Gasteiger partial charge in [-0.3, -0.25) is 4.79 Å². The number of carbonyl (C=O) groups is 1. The molecule has 1 aromatic heterocycles. The Kier molecular flexibility index (Phi) is 5.26. The second-order valence-electron chi connectivity index (χ2n) is 7.28. The van der Waals surface area contributed by atoms with Crippen molar-refractivity contribution in [3.8, 4) is 11.5 Å². The highest BCUT2D eigenvalue weighted by Crippen LogP contribution is 2.24. The zero-order valence-electron chi connectivity index (χ0n) is 16.3. The monoisotopic (exact) mass is 395 g/mol. The third-order valence-electron chi connectivity index (χ3n) is 5.10. The zero-order chi connectivity index (χ0) is 20.4. The predicted octanol–water partition coefficient (Wildman–Crippen LogP) is 3.27. The molecule has 1 unspecified atom stereocenters. The number of nitrogens with one attached hydrogen (secondary N) is 1. The molecule has 1 amide bonds. The lowest BCUT2D eigenvalue weighted by molar-refractivity contribution is 0.101. The minimum absolute atomic E-state index is 0.0817. The van der Waals surface area contributed by atoms with Crippen LogP contribution in [0.2, 0.25) is 0 Å². The third-order valence-corrected chi connectivity index (χ3v) is 5.10. The Morgan fingerprint density at radius 1 is 1.17 bits per heavy atom. The predicted molar refractivity (Wildman–Crippen MR) is 108 cm³/mol. The molecule has 3 aromatic rings. The average Bonchev–Trinajstić information content (AvgIpc) is 3.39. The van der Waals surface area contributed by atoms with E-state index in [0.29, 0.717) is 17.3 Å². The van der Waals surface area contributed by atoms with Gasteiger partial charge in [0.25, 0.3) is 17.6 Å². The summed E-state index contributed by atoms with van der Waals surface area (Å²) in [4.78, 5) is 21.1. The lowest BCUT2D eigenvalue weighted by atomic mass is 10.2. The minimum Gasteiger partial charge on any atom is -0.370 e. The van der Waals surface area contributed by atoms with Gasteiger partial charge in [-0.2, -0.15) is 4.98 Å². The van der Waals surface area contributed by atoms with Crippen molar-refractivity contribution in [2.24, 2.45) is 0 Å². The summed E-state index contributed by atoms with van der Waals surface area (Å²) < 4.78 is 18.1. The molecule has 2 aromatic carbocycles. The van der Waals surface area contributed by atoms with Gasteiger partial charge in [-0.25, -0.2) is 4.39 Å². The van der Waals surface area contributed by atoms with Crippen molar-refractivity contribution in [3.63, 3.8) is 0 Å². The Bertz CT molecular complexity index is 985. The molecule has 150 valence electrons. The minimum atomic E-state index is -0.469. The second-order valence-corrected chi connectivity index (χ2v) is 7.28. The summed E-state index contributed by atoms with van der Waals surface area (Å²) in [6.07, 6.45) is 1.14. The van der Waals surface area contributed by atoms with Crippen molar-refractivity contribution in [3.05, 3.63) is 60.2 Å². The summed E-state index contributed by atoms with van der Waals surface area (Å²) >= 11 is 0. The summed E-state index contributed by atoms with van der Waals surface area (Å²) in [6, 6.07) is 13.9. The van der Waals surface area contributed by atoms with E-state index in [1.165, 1.54) is 24.3 Å². The molecule has 1 saturated heterocycles. The van der Waals surface area contributed by atoms with Crippen LogP contribution in [0.1, 0.15) is 17.0 Å². The van der Waals surface area contributed by atoms with Crippen molar-refractivity contribution in [1.29, 1.82) is 0 Å². The first-order valence-corrected chi connectivity index (χ1v) is 9.42. The van der Waals surface area contributed by atoms with Crippen molar-refractivity contribution in [1.82, 2.24) is 15.0 Å². The number of anilines is 2. The number of carbonyl (C=O) groups excluding carboxylic acids is 1. The summed E-state index contributed by atoms with van der Waals surface area (Å²) in [5.41, 5.74) is 2.32. The first kappa shape index (κ1) is 19.1. The highest BCUT2D eigenvalue weighted by atomic mass is 19.1. The van der Waals surface area contributed by atoms with Gasteiger partial charge in [-0.05, 0) is 69.0 Å². The standard InChI is InChI=1S/C21H22FN5O2/c1-26(2)18-11-12-27(13-18)17-9-7-16(8-10-17)23-20(28)19-24-21(29-25-19)14-3-5-15(22)6-4-14/h3-10,18H,11-13H2,1-2H3,(H,23,28). The van der Waals surface area contributed by atoms with E-state index in [0.717, 1.165) is 25.2 Å². The molecule has 0 spiro atoms. The Labute approximate surface area is 168 Å². The Balaban J connectivity index is 1.39. The third kappa shape index (κ3) is 4.27. The highest BCUT2D eigenvalue weighted by Gasteiger charge is 2.24. The van der Waals surface area contributed by atoms with E-state index in [2.05, 4.69) is 39.4 Å². The van der Waals surface area contributed by atoms with Gasteiger partial charge in [0.05, 0.1) is 0 Å². The van der Waals surface area contributed by atoms with Crippen LogP contribution < -0.4 is 10.2 Å². The van der Waals surface area contributed by atoms with E-state index < -0.39 is 5.91 Å². The van der Waals surface area contributed by atoms with Crippen LogP contribution in [0.5, 0.6) is 0 Å². The zero-order valence-corrected chi connectivity index (χ0v) is 16.3. The van der Waals surface area contributed by atoms with E-state index in [1.807, 2.05) is 24.3 Å². The van der Waals surface area contributed by atoms with Gasteiger partial charge in [-0.15, -0.1) is 0 Å². The summed E-state index contributed by atoms with van der Waals surface area (Å²) in [5.74, 6) is -0.749. The number of nitrogens with zero attached hydrogens (tertiary/aromatic N) is 4. The van der Waals surface area contributed by atoms with E-state index in [9.17, 15) is 9.18 Å². The lowest BCUT2D eigenvalue weighted by Crippen LogP contribution is -2.31. The van der Waals surface area contributed by atoms with E-state index in [-0.39, 0.29) is 17.5 Å². The molecule has 1 fully saturated rings. The van der Waals surface area contributed by atoms with Crippen LogP contribution in [0, 0.1) is 5.82 Å². The van der Waals surface area contributed by atoms with Crippen LogP contribution in [-0.4, -0.2) is 54.2 Å². The van der Waals surface area contributed by atoms with Gasteiger partial charge in [0.2, 0.25) is 0 Å². The second kappa shape index (κ2) is 8.00. The van der Waals surface area contributed by atoms with Crippen molar-refractivity contribution >= 4 is 17.3 Å². The first-order valence-electron chi connectivity index (χ1n) is 9.42. The number of benzene rings is 2. The van der Waals surface area contributed by atoms with Crippen LogP contribution in [0.15, 0.2) is 53.1 Å². The van der Waals surface area contributed by atoms with Crippen molar-refractivity contribution in [2.45, 2.75) is 12.5 Å². The molecular weight excluding hydrogens is 373 g/mol. The molecule has 8 heteroatoms. The molecule has 0 bridgehead atoms. The molecular formula is C21H22FN5O2. The van der Waals surface area contributed by atoms with Gasteiger partial charge in [0.1, 0.15) is 5.82 Å². The van der Waals surface area contributed by atoms with Crippen molar-refractivity contribution < 1.29 is 13.7 Å². The summed E-state index contributed by atoms with van der Waals surface area (Å²) in [7, 11) is 4.21. The fourth-order valence-electron chi connectivity index (χ4n) is 3.37. The molecule has 0 aliphatic carbocycles. The molecule has 29 heavy (non-hydrogen) atoms. The van der Waals surface area contributed by atoms with E-state index >= 15 is 0 Å². The number of likely N-dealkylation sites (N-methyl/N-ethyl adjacent to an activating group) is 1. The average molecular weight is 395 g/mol. The normalized spacial score (nSPS) is 16.4. The van der Waals surface area contributed by atoms with Gasteiger partial charge in [-0.1, -0.05) is 5.16 Å². The first-order chi connectivity index (χ1) is 14.0. The summed E-state index contributed by atoms with van der Waals surface area (Å²) in [6.45, 7) is 2.01. The molecule has 1 N–H and O–H groups in total. The fourth-order valence-corrected chi connectivity index (χ4v) is 3.37. The molecule has 4 rings (SSSR count). The van der Waals surface area contributed by atoms with Gasteiger partial charge in [0, 0.05) is 36.1 Å². The van der Waals surface area contributed by atoms with Gasteiger partial charge >= 0.3 is 0 Å². The smallest absolute Gasteiger partial charge is 0.297 e. The Morgan fingerprint density at radius 2 is 1.90 bits per heavy atom. The molecule has 7 nitrogen and oxygen atoms in total. The number of hydrogen-bond donors (Lipinski definition) is 1. The molecule has 0 radical (unpaired) electrons. The van der Waals surface area contributed by atoms with Gasteiger partial charge < -0.3 is 19.6 Å². The Morgan fingerprint density at radius 3 is 2.55 bits per heavy atom. The highest BCUT2D eigenvalue weighted by molar-refractivity contribution is 6.01. The molecule has 1 aliphatic heterocycles. The molecule has 0 saturated carbocycles. The number of halogens is 1. The van der Waals surface area contributed by atoms with Crippen LogP contribution in [0.3, 0.4) is 0 Å². The summed E-state index contributed by atoms with van der Waals surface area (Å²) in [5, 5.41) is 6.48. The van der Waals surface area contributed by atoms with E-state index in [1.54, 1.807) is 0 Å².